The summed E-state index contributed by atoms with van der Waals surface area (Å²) in [5, 5.41) is 4.30. The zero-order valence-corrected chi connectivity index (χ0v) is 15.9. The Labute approximate surface area is 150 Å². The molecule has 0 radical (unpaired) electrons. The Hall–Kier alpha value is -1.20. The van der Waals surface area contributed by atoms with Crippen molar-refractivity contribution in [3.63, 3.8) is 0 Å². The number of hydrogen-bond acceptors (Lipinski definition) is 2. The predicted octanol–water partition coefficient (Wildman–Crippen LogP) is 2.56. The van der Waals surface area contributed by atoms with Gasteiger partial charge in [0, 0.05) is 58.7 Å². The van der Waals surface area contributed by atoms with Crippen molar-refractivity contribution in [2.45, 2.75) is 38.3 Å². The van der Waals surface area contributed by atoms with E-state index in [1.807, 2.05) is 26.4 Å². The molecule has 5 nitrogen and oxygen atoms in total. The molecule has 1 aromatic heterocycles. The number of hydrogen-bond donors (Lipinski definition) is 1. The van der Waals surface area contributed by atoms with Crippen LogP contribution in [-0.4, -0.2) is 60.1 Å². The van der Waals surface area contributed by atoms with Crippen LogP contribution in [0.15, 0.2) is 17.3 Å². The van der Waals surface area contributed by atoms with Crippen molar-refractivity contribution in [3.8, 4) is 0 Å². The lowest BCUT2D eigenvalue weighted by atomic mass is 10.3. The highest BCUT2D eigenvalue weighted by Gasteiger charge is 2.33. The van der Waals surface area contributed by atoms with Crippen molar-refractivity contribution >= 4 is 17.6 Å². The molecule has 0 spiro atoms. The van der Waals surface area contributed by atoms with Crippen LogP contribution < -0.4 is 5.32 Å². The Morgan fingerprint density at radius 1 is 1.38 bits per heavy atom. The van der Waals surface area contributed by atoms with Crippen molar-refractivity contribution in [2.75, 3.05) is 33.7 Å². The molecule has 2 aliphatic rings. The first-order valence-corrected chi connectivity index (χ1v) is 9.41. The third-order valence-electron chi connectivity index (χ3n) is 4.98. The van der Waals surface area contributed by atoms with Crippen LogP contribution in [0.1, 0.15) is 31.4 Å². The van der Waals surface area contributed by atoms with E-state index in [1.54, 1.807) is 0 Å². The third-order valence-corrected chi connectivity index (χ3v) is 5.19. The number of halogens is 1. The maximum atomic E-state index is 6.07. The van der Waals surface area contributed by atoms with Crippen molar-refractivity contribution < 1.29 is 0 Å². The second-order valence-electron chi connectivity index (χ2n) is 7.26. The summed E-state index contributed by atoms with van der Waals surface area (Å²) in [4.78, 5) is 9.24. The third kappa shape index (κ3) is 4.90. The molecular weight excluding hydrogens is 322 g/mol. The van der Waals surface area contributed by atoms with Crippen LogP contribution in [0.2, 0.25) is 5.02 Å². The quantitative estimate of drug-likeness (QED) is 0.577. The van der Waals surface area contributed by atoms with Crippen LogP contribution in [0.4, 0.5) is 0 Å². The molecule has 0 unspecified atom stereocenters. The second kappa shape index (κ2) is 7.79. The summed E-state index contributed by atoms with van der Waals surface area (Å²) in [6.07, 6.45) is 7.57. The van der Waals surface area contributed by atoms with E-state index in [2.05, 4.69) is 31.7 Å². The van der Waals surface area contributed by atoms with Crippen LogP contribution >= 0.6 is 11.6 Å². The van der Waals surface area contributed by atoms with Crippen LogP contribution in [0.25, 0.3) is 0 Å². The number of nitrogens with zero attached hydrogens (tertiary/aromatic N) is 4. The van der Waals surface area contributed by atoms with Gasteiger partial charge in [-0.1, -0.05) is 11.6 Å². The first kappa shape index (κ1) is 17.6. The zero-order chi connectivity index (χ0) is 17.1. The Morgan fingerprint density at radius 2 is 2.12 bits per heavy atom. The van der Waals surface area contributed by atoms with E-state index < -0.39 is 0 Å². The van der Waals surface area contributed by atoms with E-state index in [9.17, 15) is 0 Å². The second-order valence-corrected chi connectivity index (χ2v) is 7.70. The highest BCUT2D eigenvalue weighted by molar-refractivity contribution is 6.30. The zero-order valence-electron chi connectivity index (χ0n) is 15.1. The first-order valence-electron chi connectivity index (χ1n) is 9.03. The maximum absolute atomic E-state index is 6.07. The molecule has 1 heterocycles. The molecule has 2 saturated carbocycles. The summed E-state index contributed by atoms with van der Waals surface area (Å²) >= 11 is 6.07. The van der Waals surface area contributed by atoms with Crippen LogP contribution in [0, 0.1) is 5.92 Å². The summed E-state index contributed by atoms with van der Waals surface area (Å²) < 4.78 is 2.07. The Morgan fingerprint density at radius 3 is 2.67 bits per heavy atom. The van der Waals surface area contributed by atoms with E-state index in [0.717, 1.165) is 42.6 Å². The van der Waals surface area contributed by atoms with Gasteiger partial charge in [-0.2, -0.15) is 0 Å². The van der Waals surface area contributed by atoms with Gasteiger partial charge in [0.1, 0.15) is 0 Å². The van der Waals surface area contributed by atoms with Gasteiger partial charge in [0.15, 0.2) is 5.96 Å². The van der Waals surface area contributed by atoms with Gasteiger partial charge in [-0.3, -0.25) is 9.89 Å². The number of nitrogens with one attached hydrogen (secondary N) is 1. The van der Waals surface area contributed by atoms with Gasteiger partial charge in [-0.15, -0.1) is 0 Å². The molecule has 0 aromatic carbocycles. The number of aliphatic imine (C=N–C) groups is 1. The van der Waals surface area contributed by atoms with Gasteiger partial charge in [0.2, 0.25) is 0 Å². The number of aromatic nitrogens is 1. The van der Waals surface area contributed by atoms with E-state index in [4.69, 9.17) is 11.6 Å². The monoisotopic (exact) mass is 351 g/mol. The fraction of sp³-hybridized carbons (Fsp3) is 0.722. The first-order chi connectivity index (χ1) is 11.6. The smallest absolute Gasteiger partial charge is 0.193 e. The van der Waals surface area contributed by atoms with Gasteiger partial charge in [0.25, 0.3) is 0 Å². The molecule has 0 amide bonds. The van der Waals surface area contributed by atoms with E-state index >= 15 is 0 Å². The molecule has 0 atom stereocenters. The average molecular weight is 352 g/mol. The summed E-state index contributed by atoms with van der Waals surface area (Å²) in [5.41, 5.74) is 1.18. The molecule has 1 aromatic rings. The van der Waals surface area contributed by atoms with Crippen molar-refractivity contribution in [1.29, 1.82) is 0 Å². The van der Waals surface area contributed by atoms with Gasteiger partial charge in [-0.25, -0.2) is 0 Å². The van der Waals surface area contributed by atoms with Crippen molar-refractivity contribution in [3.05, 3.63) is 23.0 Å². The molecule has 0 aliphatic heterocycles. The van der Waals surface area contributed by atoms with E-state index in [1.165, 1.54) is 37.9 Å². The highest BCUT2D eigenvalue weighted by atomic mass is 35.5. The fourth-order valence-corrected chi connectivity index (χ4v) is 3.50. The molecule has 24 heavy (non-hydrogen) atoms. The summed E-state index contributed by atoms with van der Waals surface area (Å²) in [7, 11) is 5.94. The predicted molar refractivity (Wildman–Crippen MR) is 101 cm³/mol. The van der Waals surface area contributed by atoms with Crippen LogP contribution in [0.5, 0.6) is 0 Å². The number of rotatable bonds is 8. The molecule has 3 rings (SSSR count). The minimum absolute atomic E-state index is 0.781. The lowest BCUT2D eigenvalue weighted by Crippen LogP contribution is -2.43. The molecule has 0 saturated heterocycles. The van der Waals surface area contributed by atoms with Crippen LogP contribution in [0.3, 0.4) is 0 Å². The SMILES string of the molecule is CN=C(NCCN(CC1CC1)C1CC1)N(C)Cc1cc(Cl)cn1C. The lowest BCUT2D eigenvalue weighted by molar-refractivity contribution is 0.255. The molecule has 0 bridgehead atoms. The van der Waals surface area contributed by atoms with Crippen molar-refractivity contribution in [1.82, 2.24) is 19.7 Å². The average Bonchev–Trinajstić information content (AvgIpc) is 3.43. The van der Waals surface area contributed by atoms with Crippen LogP contribution in [-0.2, 0) is 13.6 Å². The Bertz CT molecular complexity index is 574. The van der Waals surface area contributed by atoms with Gasteiger partial charge in [0.05, 0.1) is 11.6 Å². The fourth-order valence-electron chi connectivity index (χ4n) is 3.23. The summed E-state index contributed by atoms with van der Waals surface area (Å²) in [6.45, 7) is 4.15. The molecular formula is C18H30ClN5. The van der Waals surface area contributed by atoms with Gasteiger partial charge < -0.3 is 14.8 Å². The number of guanidine groups is 1. The Kier molecular flexibility index (Phi) is 5.72. The summed E-state index contributed by atoms with van der Waals surface area (Å²) in [6, 6.07) is 2.85. The maximum Gasteiger partial charge on any atom is 0.193 e. The highest BCUT2D eigenvalue weighted by Crippen LogP contribution is 2.34. The molecule has 6 heteroatoms. The molecule has 1 N–H and O–H groups in total. The Balaban J connectivity index is 1.45. The molecule has 134 valence electrons. The normalized spacial score (nSPS) is 18.3. The lowest BCUT2D eigenvalue weighted by Gasteiger charge is -2.25. The minimum atomic E-state index is 0.781. The number of aryl methyl sites for hydroxylation is 1. The van der Waals surface area contributed by atoms with E-state index in [-0.39, 0.29) is 0 Å². The molecule has 2 fully saturated rings. The van der Waals surface area contributed by atoms with E-state index in [0.29, 0.717) is 0 Å². The topological polar surface area (TPSA) is 35.8 Å². The molecule has 2 aliphatic carbocycles. The summed E-state index contributed by atoms with van der Waals surface area (Å²) in [5.74, 6) is 1.91. The standard InChI is InChI=1S/C18H30ClN5/c1-20-18(23(3)13-17-10-15(19)12-22(17)2)21-8-9-24(16-6-7-16)11-14-4-5-14/h10,12,14,16H,4-9,11,13H2,1-3H3,(H,20,21). The van der Waals surface area contributed by atoms with Gasteiger partial charge >= 0.3 is 0 Å². The van der Waals surface area contributed by atoms with Crippen molar-refractivity contribution in [2.24, 2.45) is 18.0 Å². The minimum Gasteiger partial charge on any atom is -0.355 e. The largest absolute Gasteiger partial charge is 0.355 e. The van der Waals surface area contributed by atoms with Gasteiger partial charge in [-0.05, 0) is 37.7 Å².